The summed E-state index contributed by atoms with van der Waals surface area (Å²) in [6.45, 7) is 9.19. The van der Waals surface area contributed by atoms with Crippen molar-refractivity contribution >= 4 is 17.1 Å². The van der Waals surface area contributed by atoms with Crippen LogP contribution in [0.15, 0.2) is 6.07 Å². The van der Waals surface area contributed by atoms with Gasteiger partial charge in [-0.25, -0.2) is 0 Å². The lowest BCUT2D eigenvalue weighted by Gasteiger charge is -2.38. The second-order valence-corrected chi connectivity index (χ2v) is 7.01. The van der Waals surface area contributed by atoms with E-state index in [0.29, 0.717) is 18.6 Å². The Bertz CT molecular complexity index is 428. The second-order valence-electron chi connectivity index (χ2n) is 5.55. The lowest BCUT2D eigenvalue weighted by atomic mass is 9.96. The fourth-order valence-corrected chi connectivity index (χ4v) is 3.89. The molecule has 2 atom stereocenters. The third-order valence-corrected chi connectivity index (χ3v) is 5.01. The molecule has 0 radical (unpaired) electrons. The highest BCUT2D eigenvalue weighted by Crippen LogP contribution is 2.25. The molecule has 0 aromatic carbocycles. The number of piperidine rings is 1. The van der Waals surface area contributed by atoms with Gasteiger partial charge in [-0.05, 0) is 46.6 Å². The molecule has 1 aliphatic heterocycles. The van der Waals surface area contributed by atoms with Gasteiger partial charge in [-0.1, -0.05) is 6.42 Å². The van der Waals surface area contributed by atoms with Gasteiger partial charge in [0, 0.05) is 27.4 Å². The van der Waals surface area contributed by atoms with Crippen LogP contribution in [0.2, 0.25) is 0 Å². The summed E-state index contributed by atoms with van der Waals surface area (Å²) in [5.41, 5.74) is 0.933. The van der Waals surface area contributed by atoms with Gasteiger partial charge in [-0.3, -0.25) is 9.69 Å². The minimum Gasteiger partial charge on any atom is -0.293 e. The molecule has 1 aliphatic rings. The van der Waals surface area contributed by atoms with Crippen molar-refractivity contribution in [1.82, 2.24) is 4.90 Å². The minimum atomic E-state index is 0.289. The molecular formula is C15H23NOS. The summed E-state index contributed by atoms with van der Waals surface area (Å²) in [5, 5.41) is 0. The van der Waals surface area contributed by atoms with E-state index in [0.717, 1.165) is 10.4 Å². The van der Waals surface area contributed by atoms with Crippen LogP contribution in [0.4, 0.5) is 0 Å². The van der Waals surface area contributed by atoms with Crippen LogP contribution in [-0.4, -0.2) is 29.3 Å². The molecular weight excluding hydrogens is 242 g/mol. The van der Waals surface area contributed by atoms with E-state index in [2.05, 4.69) is 25.7 Å². The Kier molecular flexibility index (Phi) is 4.23. The molecule has 0 bridgehead atoms. The van der Waals surface area contributed by atoms with Gasteiger partial charge < -0.3 is 0 Å². The number of thiophene rings is 1. The molecule has 2 nitrogen and oxygen atoms in total. The Balaban J connectivity index is 2.08. The number of carbonyl (C=O) groups is 1. The molecule has 1 fully saturated rings. The Morgan fingerprint density at radius 3 is 2.44 bits per heavy atom. The van der Waals surface area contributed by atoms with Crippen molar-refractivity contribution in [3.8, 4) is 0 Å². The summed E-state index contributed by atoms with van der Waals surface area (Å²) < 4.78 is 0. The Morgan fingerprint density at radius 1 is 1.33 bits per heavy atom. The summed E-state index contributed by atoms with van der Waals surface area (Å²) in [7, 11) is 0. The molecule has 1 saturated heterocycles. The molecule has 0 saturated carbocycles. The largest absolute Gasteiger partial charge is 0.293 e. The summed E-state index contributed by atoms with van der Waals surface area (Å²) in [6.07, 6.45) is 3.74. The predicted molar refractivity (Wildman–Crippen MR) is 77.6 cm³/mol. The summed E-state index contributed by atoms with van der Waals surface area (Å²) in [6, 6.07) is 3.12. The van der Waals surface area contributed by atoms with Crippen molar-refractivity contribution in [1.29, 1.82) is 0 Å². The monoisotopic (exact) mass is 265 g/mol. The molecule has 1 aromatic heterocycles. The zero-order valence-electron chi connectivity index (χ0n) is 11.8. The fourth-order valence-electron chi connectivity index (χ4n) is 2.95. The van der Waals surface area contributed by atoms with Crippen molar-refractivity contribution < 1.29 is 4.79 Å². The molecule has 3 heteroatoms. The summed E-state index contributed by atoms with van der Waals surface area (Å²) >= 11 is 1.72. The smallest absolute Gasteiger partial charge is 0.177 e. The topological polar surface area (TPSA) is 20.3 Å². The van der Waals surface area contributed by atoms with E-state index in [-0.39, 0.29) is 5.78 Å². The van der Waals surface area contributed by atoms with Crippen molar-refractivity contribution in [2.45, 2.75) is 59.0 Å². The summed E-state index contributed by atoms with van der Waals surface area (Å²) in [4.78, 5) is 17.2. The van der Waals surface area contributed by atoms with E-state index in [4.69, 9.17) is 0 Å². The Hall–Kier alpha value is -0.670. The van der Waals surface area contributed by atoms with Gasteiger partial charge in [-0.2, -0.15) is 0 Å². The third-order valence-electron chi connectivity index (χ3n) is 4.04. The number of ketones is 1. The van der Waals surface area contributed by atoms with Crippen molar-refractivity contribution in [2.75, 3.05) is 6.54 Å². The number of aryl methyl sites for hydroxylation is 2. The Morgan fingerprint density at radius 2 is 1.94 bits per heavy atom. The maximum Gasteiger partial charge on any atom is 0.177 e. The molecule has 1 aromatic rings. The van der Waals surface area contributed by atoms with Gasteiger partial charge in [0.1, 0.15) is 0 Å². The first-order valence-electron chi connectivity index (χ1n) is 6.85. The quantitative estimate of drug-likeness (QED) is 0.775. The Labute approximate surface area is 114 Å². The SMILES string of the molecule is Cc1cc(C(=O)CN2[C@H](C)CCC[C@@H]2C)c(C)s1. The van der Waals surface area contributed by atoms with Crippen LogP contribution in [0.5, 0.6) is 0 Å². The van der Waals surface area contributed by atoms with Crippen molar-refractivity contribution in [2.24, 2.45) is 0 Å². The van der Waals surface area contributed by atoms with Crippen LogP contribution in [0.1, 0.15) is 53.2 Å². The van der Waals surface area contributed by atoms with Crippen molar-refractivity contribution in [3.05, 3.63) is 21.4 Å². The van der Waals surface area contributed by atoms with E-state index in [1.165, 1.54) is 24.1 Å². The van der Waals surface area contributed by atoms with Crippen molar-refractivity contribution in [3.63, 3.8) is 0 Å². The highest BCUT2D eigenvalue weighted by atomic mass is 32.1. The fraction of sp³-hybridized carbons (Fsp3) is 0.667. The van der Waals surface area contributed by atoms with Gasteiger partial charge in [0.25, 0.3) is 0 Å². The summed E-state index contributed by atoms with van der Waals surface area (Å²) in [5.74, 6) is 0.289. The molecule has 18 heavy (non-hydrogen) atoms. The first kappa shape index (κ1) is 13.8. The van der Waals surface area contributed by atoms with E-state index in [1.807, 2.05) is 13.0 Å². The van der Waals surface area contributed by atoms with E-state index < -0.39 is 0 Å². The van der Waals surface area contributed by atoms with Crippen LogP contribution >= 0.6 is 11.3 Å². The number of hydrogen-bond donors (Lipinski definition) is 0. The van der Waals surface area contributed by atoms with E-state index in [9.17, 15) is 4.79 Å². The van der Waals surface area contributed by atoms with Gasteiger partial charge in [0.15, 0.2) is 5.78 Å². The van der Waals surface area contributed by atoms with E-state index in [1.54, 1.807) is 11.3 Å². The van der Waals surface area contributed by atoms with Gasteiger partial charge in [0.05, 0.1) is 6.54 Å². The average molecular weight is 265 g/mol. The molecule has 100 valence electrons. The highest BCUT2D eigenvalue weighted by Gasteiger charge is 2.27. The lowest BCUT2D eigenvalue weighted by molar-refractivity contribution is 0.0734. The number of Topliss-reactive ketones (excluding diaryl/α,β-unsaturated/α-hetero) is 1. The maximum absolute atomic E-state index is 12.4. The number of likely N-dealkylation sites (tertiary alicyclic amines) is 1. The minimum absolute atomic E-state index is 0.289. The normalized spacial score (nSPS) is 25.3. The zero-order chi connectivity index (χ0) is 13.3. The van der Waals surface area contributed by atoms with Crippen LogP contribution in [0.25, 0.3) is 0 Å². The van der Waals surface area contributed by atoms with E-state index >= 15 is 0 Å². The molecule has 0 spiro atoms. The molecule has 0 N–H and O–H groups in total. The van der Waals surface area contributed by atoms with Gasteiger partial charge in [-0.15, -0.1) is 11.3 Å². The second kappa shape index (κ2) is 5.54. The van der Waals surface area contributed by atoms with Gasteiger partial charge >= 0.3 is 0 Å². The standard InChI is InChI=1S/C15H23NOS/c1-10-6-5-7-11(2)16(10)9-15(17)14-8-12(3)18-13(14)4/h8,10-11H,5-7,9H2,1-4H3/t10-,11+. The number of carbonyl (C=O) groups excluding carboxylic acids is 1. The van der Waals surface area contributed by atoms with Crippen LogP contribution in [-0.2, 0) is 0 Å². The van der Waals surface area contributed by atoms with Gasteiger partial charge in [0.2, 0.25) is 0 Å². The third kappa shape index (κ3) is 2.83. The lowest BCUT2D eigenvalue weighted by Crippen LogP contribution is -2.46. The van der Waals surface area contributed by atoms with Crippen LogP contribution in [0.3, 0.4) is 0 Å². The maximum atomic E-state index is 12.4. The average Bonchev–Trinajstić information content (AvgIpc) is 2.63. The molecule has 0 unspecified atom stereocenters. The highest BCUT2D eigenvalue weighted by molar-refractivity contribution is 7.12. The number of nitrogens with zero attached hydrogens (tertiary/aromatic N) is 1. The molecule has 2 rings (SSSR count). The number of hydrogen-bond acceptors (Lipinski definition) is 3. The first-order chi connectivity index (χ1) is 8.49. The predicted octanol–water partition coefficient (Wildman–Crippen LogP) is 3.81. The molecule has 0 aliphatic carbocycles. The molecule has 2 heterocycles. The van der Waals surface area contributed by atoms with Crippen LogP contribution < -0.4 is 0 Å². The first-order valence-corrected chi connectivity index (χ1v) is 7.66. The molecule has 0 amide bonds. The zero-order valence-corrected chi connectivity index (χ0v) is 12.6. The number of rotatable bonds is 3. The van der Waals surface area contributed by atoms with Crippen LogP contribution in [0, 0.1) is 13.8 Å².